The Hall–Kier alpha value is -0.740. The molecule has 0 spiro atoms. The van der Waals surface area contributed by atoms with Gasteiger partial charge in [0.2, 0.25) is 10.0 Å². The molecule has 116 valence electrons. The Labute approximate surface area is 137 Å². The molecule has 21 heavy (non-hydrogen) atoms. The van der Waals surface area contributed by atoms with E-state index in [4.69, 9.17) is 29.6 Å². The Morgan fingerprint density at radius 3 is 2.62 bits per heavy atom. The normalized spacial score (nSPS) is 16.6. The molecule has 1 aromatic rings. The van der Waals surface area contributed by atoms with Crippen molar-refractivity contribution in [3.63, 3.8) is 0 Å². The van der Waals surface area contributed by atoms with E-state index in [1.54, 1.807) is 11.8 Å². The molecule has 1 aliphatic heterocycles. The number of anilines is 1. The number of phenols is 1. The van der Waals surface area contributed by atoms with E-state index in [1.165, 1.54) is 16.4 Å². The first-order valence-electron chi connectivity index (χ1n) is 6.00. The molecule has 0 amide bonds. The number of rotatable bonds is 3. The van der Waals surface area contributed by atoms with Crippen LogP contribution in [0.5, 0.6) is 5.75 Å². The lowest BCUT2D eigenvalue weighted by Gasteiger charge is -2.26. The Morgan fingerprint density at radius 2 is 2.05 bits per heavy atom. The molecule has 1 saturated heterocycles. The van der Waals surface area contributed by atoms with Gasteiger partial charge in [-0.3, -0.25) is 0 Å². The molecule has 0 saturated carbocycles. The minimum Gasteiger partial charge on any atom is -0.504 e. The Kier molecular flexibility index (Phi) is 5.20. The maximum Gasteiger partial charge on any atom is 0.248 e. The summed E-state index contributed by atoms with van der Waals surface area (Å²) in [5, 5.41) is 12.6. The number of halogens is 1. The molecular formula is C11H14ClN3O3S3. The van der Waals surface area contributed by atoms with Crippen molar-refractivity contribution in [2.45, 2.75) is 4.90 Å². The molecule has 0 bridgehead atoms. The highest BCUT2D eigenvalue weighted by Crippen LogP contribution is 2.38. The summed E-state index contributed by atoms with van der Waals surface area (Å²) in [6, 6.07) is 2.80. The standard InChI is InChI=1S/C11H14ClN3O3S3/c12-7-1-2-8(14-11(13)19)9(16)10(7)21(17,18)15-3-5-20-6-4-15/h1-2,16H,3-6H2,(H3,13,14,19). The van der Waals surface area contributed by atoms with Crippen molar-refractivity contribution in [3.05, 3.63) is 17.2 Å². The van der Waals surface area contributed by atoms with Gasteiger partial charge in [0.15, 0.2) is 10.9 Å². The molecule has 1 aromatic carbocycles. The average molecular weight is 368 g/mol. The molecule has 1 fully saturated rings. The van der Waals surface area contributed by atoms with Crippen LogP contribution in [0.4, 0.5) is 5.69 Å². The quantitative estimate of drug-likeness (QED) is 0.549. The van der Waals surface area contributed by atoms with Gasteiger partial charge in [-0.2, -0.15) is 16.1 Å². The topological polar surface area (TPSA) is 95.7 Å². The molecule has 0 aliphatic carbocycles. The molecule has 10 heteroatoms. The first-order valence-corrected chi connectivity index (χ1v) is 9.38. The van der Waals surface area contributed by atoms with Crippen molar-refractivity contribution < 1.29 is 13.5 Å². The van der Waals surface area contributed by atoms with E-state index in [0.29, 0.717) is 24.6 Å². The van der Waals surface area contributed by atoms with E-state index in [2.05, 4.69) is 5.32 Å². The zero-order valence-corrected chi connectivity index (χ0v) is 14.1. The second-order valence-electron chi connectivity index (χ2n) is 4.28. The van der Waals surface area contributed by atoms with Gasteiger partial charge >= 0.3 is 0 Å². The number of nitrogens with one attached hydrogen (secondary N) is 1. The van der Waals surface area contributed by atoms with Gasteiger partial charge in [-0.05, 0) is 24.4 Å². The second-order valence-corrected chi connectivity index (χ2v) is 8.22. The van der Waals surface area contributed by atoms with Gasteiger partial charge < -0.3 is 16.2 Å². The SMILES string of the molecule is NC(=S)Nc1ccc(Cl)c(S(=O)(=O)N2CCSCC2)c1O. The van der Waals surface area contributed by atoms with E-state index in [0.717, 1.165) is 0 Å². The summed E-state index contributed by atoms with van der Waals surface area (Å²) in [4.78, 5) is -0.322. The predicted octanol–water partition coefficient (Wildman–Crippen LogP) is 1.44. The minimum absolute atomic E-state index is 0.0424. The molecule has 2 rings (SSSR count). The van der Waals surface area contributed by atoms with Crippen LogP contribution in [0.15, 0.2) is 17.0 Å². The largest absolute Gasteiger partial charge is 0.504 e. The summed E-state index contributed by atoms with van der Waals surface area (Å²) >= 11 is 12.4. The fourth-order valence-corrected chi connectivity index (χ4v) is 5.22. The smallest absolute Gasteiger partial charge is 0.248 e. The van der Waals surface area contributed by atoms with Crippen LogP contribution in [0.1, 0.15) is 0 Å². The zero-order valence-electron chi connectivity index (χ0n) is 10.9. The van der Waals surface area contributed by atoms with Gasteiger partial charge in [0.05, 0.1) is 10.7 Å². The van der Waals surface area contributed by atoms with Gasteiger partial charge in [-0.15, -0.1) is 0 Å². The minimum atomic E-state index is -3.87. The number of aromatic hydroxyl groups is 1. The Morgan fingerprint density at radius 1 is 1.43 bits per heavy atom. The number of hydrogen-bond donors (Lipinski definition) is 3. The third kappa shape index (κ3) is 3.54. The van der Waals surface area contributed by atoms with Crippen molar-refractivity contribution in [3.8, 4) is 5.75 Å². The fraction of sp³-hybridized carbons (Fsp3) is 0.364. The van der Waals surface area contributed by atoms with E-state index < -0.39 is 15.8 Å². The summed E-state index contributed by atoms with van der Waals surface area (Å²) in [5.41, 5.74) is 5.46. The van der Waals surface area contributed by atoms with Crippen LogP contribution >= 0.6 is 35.6 Å². The second kappa shape index (κ2) is 6.57. The Bertz CT molecular complexity index is 660. The number of sulfonamides is 1. The molecule has 1 heterocycles. The maximum absolute atomic E-state index is 12.6. The van der Waals surface area contributed by atoms with Crippen molar-refractivity contribution in [2.24, 2.45) is 5.73 Å². The van der Waals surface area contributed by atoms with Crippen LogP contribution in [0.25, 0.3) is 0 Å². The summed E-state index contributed by atoms with van der Waals surface area (Å²) in [5.74, 6) is 0.943. The van der Waals surface area contributed by atoms with Crippen LogP contribution in [0.2, 0.25) is 5.02 Å². The van der Waals surface area contributed by atoms with E-state index in [-0.39, 0.29) is 20.7 Å². The van der Waals surface area contributed by atoms with Gasteiger partial charge in [0.1, 0.15) is 4.90 Å². The molecule has 0 unspecified atom stereocenters. The fourth-order valence-electron chi connectivity index (χ4n) is 1.94. The van der Waals surface area contributed by atoms with Gasteiger partial charge in [0, 0.05) is 24.6 Å². The number of phenolic OH excluding ortho intramolecular Hbond substituents is 1. The van der Waals surface area contributed by atoms with E-state index in [1.807, 2.05) is 0 Å². The molecule has 1 aliphatic rings. The highest BCUT2D eigenvalue weighted by Gasteiger charge is 2.32. The summed E-state index contributed by atoms with van der Waals surface area (Å²) in [6.45, 7) is 0.769. The third-order valence-electron chi connectivity index (χ3n) is 2.91. The van der Waals surface area contributed by atoms with Crippen molar-refractivity contribution >= 4 is 56.4 Å². The lowest BCUT2D eigenvalue weighted by Crippen LogP contribution is -2.38. The Balaban J connectivity index is 2.48. The van der Waals surface area contributed by atoms with Crippen LogP contribution in [0, 0.1) is 0 Å². The lowest BCUT2D eigenvalue weighted by molar-refractivity contribution is 0.429. The highest BCUT2D eigenvalue weighted by molar-refractivity contribution is 7.99. The highest BCUT2D eigenvalue weighted by atomic mass is 35.5. The van der Waals surface area contributed by atoms with E-state index in [9.17, 15) is 13.5 Å². The summed E-state index contributed by atoms with van der Waals surface area (Å²) < 4.78 is 26.6. The molecule has 6 nitrogen and oxygen atoms in total. The summed E-state index contributed by atoms with van der Waals surface area (Å²) in [6.07, 6.45) is 0. The number of hydrogen-bond acceptors (Lipinski definition) is 5. The monoisotopic (exact) mass is 367 g/mol. The maximum atomic E-state index is 12.6. The molecule has 0 atom stereocenters. The van der Waals surface area contributed by atoms with Gasteiger partial charge in [-0.1, -0.05) is 11.6 Å². The molecule has 4 N–H and O–H groups in total. The van der Waals surface area contributed by atoms with Crippen molar-refractivity contribution in [1.82, 2.24) is 4.31 Å². The predicted molar refractivity (Wildman–Crippen MR) is 89.6 cm³/mol. The zero-order chi connectivity index (χ0) is 15.6. The molecular weight excluding hydrogens is 354 g/mol. The number of thioether (sulfide) groups is 1. The van der Waals surface area contributed by atoms with Gasteiger partial charge in [0.25, 0.3) is 0 Å². The third-order valence-corrected chi connectivity index (χ3v) is 6.35. The lowest BCUT2D eigenvalue weighted by atomic mass is 10.3. The number of thiocarbonyl (C=S) groups is 1. The van der Waals surface area contributed by atoms with Crippen molar-refractivity contribution in [1.29, 1.82) is 0 Å². The average Bonchev–Trinajstić information content (AvgIpc) is 2.42. The number of nitrogens with zero attached hydrogens (tertiary/aromatic N) is 1. The molecule has 0 aromatic heterocycles. The first-order chi connectivity index (χ1) is 9.84. The van der Waals surface area contributed by atoms with Crippen LogP contribution < -0.4 is 11.1 Å². The van der Waals surface area contributed by atoms with E-state index >= 15 is 0 Å². The number of nitrogens with two attached hydrogens (primary N) is 1. The van der Waals surface area contributed by atoms with Crippen molar-refractivity contribution in [2.75, 3.05) is 29.9 Å². The van der Waals surface area contributed by atoms with Gasteiger partial charge in [-0.25, -0.2) is 8.42 Å². The molecule has 0 radical (unpaired) electrons. The van der Waals surface area contributed by atoms with Crippen LogP contribution in [-0.2, 0) is 10.0 Å². The van der Waals surface area contributed by atoms with Crippen LogP contribution in [0.3, 0.4) is 0 Å². The summed E-state index contributed by atoms with van der Waals surface area (Å²) in [7, 11) is -3.87. The number of benzene rings is 1. The van der Waals surface area contributed by atoms with Crippen LogP contribution in [-0.4, -0.2) is 47.5 Å². The first kappa shape index (κ1) is 16.6.